The summed E-state index contributed by atoms with van der Waals surface area (Å²) in [6.07, 6.45) is 36.0. The minimum Gasteiger partial charge on any atom is -0.462 e. The van der Waals surface area contributed by atoms with Gasteiger partial charge >= 0.3 is 5.97 Å². The van der Waals surface area contributed by atoms with Gasteiger partial charge in [0.2, 0.25) is 0 Å². The van der Waals surface area contributed by atoms with Gasteiger partial charge in [0.25, 0.3) is 0 Å². The Kier molecular flexibility index (Phi) is 46.7. The highest BCUT2D eigenvalue weighted by molar-refractivity contribution is 5.69. The lowest BCUT2D eigenvalue weighted by Gasteiger charge is -2.21. The third kappa shape index (κ3) is 43.6. The number of carbonyl (C=O) groups excluding carboxylic acids is 1. The Balaban J connectivity index is 0. The summed E-state index contributed by atoms with van der Waals surface area (Å²) in [5, 5.41) is 9.51. The molecule has 2 unspecified atom stereocenters. The van der Waals surface area contributed by atoms with Crippen molar-refractivity contribution in [3.63, 3.8) is 0 Å². The fourth-order valence-electron chi connectivity index (χ4n) is 6.45. The van der Waals surface area contributed by atoms with Gasteiger partial charge in [-0.1, -0.05) is 169 Å². The van der Waals surface area contributed by atoms with Gasteiger partial charge in [-0.3, -0.25) is 4.79 Å². The molecule has 0 heterocycles. The number of esters is 1. The second-order valence-corrected chi connectivity index (χ2v) is 15.1. The van der Waals surface area contributed by atoms with Crippen molar-refractivity contribution in [3.05, 3.63) is 0 Å². The van der Waals surface area contributed by atoms with Gasteiger partial charge in [0.1, 0.15) is 6.10 Å². The lowest BCUT2D eigenvalue weighted by atomic mass is 10.0. The molecule has 308 valence electrons. The summed E-state index contributed by atoms with van der Waals surface area (Å²) >= 11 is 0. The Morgan fingerprint density at radius 3 is 1.37 bits per heavy atom. The first-order valence-corrected chi connectivity index (χ1v) is 22.7. The van der Waals surface area contributed by atoms with E-state index in [1.165, 1.54) is 128 Å². The van der Waals surface area contributed by atoms with Gasteiger partial charge in [0.05, 0.1) is 6.61 Å². The Morgan fingerprint density at radius 1 is 0.490 bits per heavy atom. The maximum absolute atomic E-state index is 12.5. The van der Waals surface area contributed by atoms with E-state index in [0.717, 1.165) is 90.6 Å². The Hall–Kier alpha value is -0.690. The zero-order valence-electron chi connectivity index (χ0n) is 35.6. The smallest absolute Gasteiger partial charge is 0.306 e. The predicted octanol–water partition coefficient (Wildman–Crippen LogP) is 13.4. The van der Waals surface area contributed by atoms with Crippen LogP contribution in [0.5, 0.6) is 0 Å². The molecule has 0 radical (unpaired) electrons. The van der Waals surface area contributed by atoms with Crippen molar-refractivity contribution in [2.24, 2.45) is 0 Å². The summed E-state index contributed by atoms with van der Waals surface area (Å²) in [6.45, 7) is 17.9. The van der Waals surface area contributed by atoms with E-state index in [9.17, 15) is 9.90 Å². The number of hydrogen-bond donors (Lipinski definition) is 1. The third-order valence-corrected chi connectivity index (χ3v) is 9.86. The predicted molar refractivity (Wildman–Crippen MR) is 222 cm³/mol. The molecule has 0 aromatic heterocycles. The molecule has 0 aromatic rings. The molecule has 0 aliphatic heterocycles. The molecule has 0 aliphatic rings. The Bertz CT molecular complexity index is 646. The second kappa shape index (κ2) is 45.5. The van der Waals surface area contributed by atoms with Crippen LogP contribution < -0.4 is 0 Å². The summed E-state index contributed by atoms with van der Waals surface area (Å²) in [4.78, 5) is 14.9. The molecule has 2 atom stereocenters. The van der Waals surface area contributed by atoms with Crippen LogP contribution in [-0.4, -0.2) is 67.8 Å². The van der Waals surface area contributed by atoms with Crippen molar-refractivity contribution in [2.75, 3.05) is 39.5 Å². The van der Waals surface area contributed by atoms with Gasteiger partial charge in [-0.15, -0.1) is 0 Å². The van der Waals surface area contributed by atoms with Gasteiger partial charge in [-0.05, 0) is 71.4 Å². The van der Waals surface area contributed by atoms with E-state index in [-0.39, 0.29) is 25.0 Å². The van der Waals surface area contributed by atoms with E-state index >= 15 is 0 Å². The van der Waals surface area contributed by atoms with E-state index < -0.39 is 0 Å². The Labute approximate surface area is 320 Å². The first-order chi connectivity index (χ1) is 25.0. The number of aliphatic hydroxyl groups excluding tert-OH is 1. The van der Waals surface area contributed by atoms with Crippen molar-refractivity contribution >= 4 is 5.97 Å². The van der Waals surface area contributed by atoms with Crippen LogP contribution in [0.4, 0.5) is 0 Å². The van der Waals surface area contributed by atoms with Crippen LogP contribution in [0.15, 0.2) is 0 Å². The quantitative estimate of drug-likeness (QED) is 0.0385. The molecule has 0 amide bonds. The van der Waals surface area contributed by atoms with Crippen molar-refractivity contribution in [1.29, 1.82) is 0 Å². The summed E-state index contributed by atoms with van der Waals surface area (Å²) < 4.78 is 17.5. The monoisotopic (exact) mass is 728 g/mol. The molecule has 0 saturated carbocycles. The highest BCUT2D eigenvalue weighted by atomic mass is 16.7. The molecule has 1 N–H and O–H groups in total. The number of nitrogens with zero attached hydrogens (tertiary/aromatic N) is 1. The maximum Gasteiger partial charge on any atom is 0.306 e. The van der Waals surface area contributed by atoms with Crippen LogP contribution >= 0.6 is 0 Å². The average Bonchev–Trinajstić information content (AvgIpc) is 3.12. The standard InChI is InChI=1S/C40H81NO5.C5H12/c1-5-8-11-13-15-21-27-36-44-38(4)45-37-28-22-20-26-33-41(34-35-42)32-25-19-16-18-24-31-40(43)46-39(29-10-7-3)30-23-17-14-12-9-6-2;1-3-5-4-2/h38-39,42H,5-37H2,1-4H3;3-5H2,1-2H3. The largest absolute Gasteiger partial charge is 0.462 e. The van der Waals surface area contributed by atoms with Gasteiger partial charge in [0.15, 0.2) is 6.29 Å². The summed E-state index contributed by atoms with van der Waals surface area (Å²) in [5.74, 6) is 0.00872. The van der Waals surface area contributed by atoms with Crippen molar-refractivity contribution in [1.82, 2.24) is 4.90 Å². The van der Waals surface area contributed by atoms with Gasteiger partial charge < -0.3 is 24.2 Å². The lowest BCUT2D eigenvalue weighted by molar-refractivity contribution is -0.150. The molecular formula is C45H93NO5. The molecule has 0 rings (SSSR count). The van der Waals surface area contributed by atoms with Crippen LogP contribution in [0.2, 0.25) is 0 Å². The number of hydrogen-bond acceptors (Lipinski definition) is 6. The summed E-state index contributed by atoms with van der Waals surface area (Å²) in [5.41, 5.74) is 0. The van der Waals surface area contributed by atoms with Crippen molar-refractivity contribution in [2.45, 2.75) is 247 Å². The molecule has 6 heteroatoms. The molecule has 0 spiro atoms. The van der Waals surface area contributed by atoms with E-state index in [1.807, 2.05) is 6.92 Å². The summed E-state index contributed by atoms with van der Waals surface area (Å²) in [6, 6.07) is 0. The van der Waals surface area contributed by atoms with Crippen LogP contribution in [0.25, 0.3) is 0 Å². The number of aliphatic hydroxyl groups is 1. The lowest BCUT2D eigenvalue weighted by Crippen LogP contribution is -2.29. The van der Waals surface area contributed by atoms with Crippen LogP contribution in [0, 0.1) is 0 Å². The zero-order chi connectivity index (χ0) is 37.9. The van der Waals surface area contributed by atoms with Crippen molar-refractivity contribution < 1.29 is 24.1 Å². The highest BCUT2D eigenvalue weighted by Gasteiger charge is 2.14. The summed E-state index contributed by atoms with van der Waals surface area (Å²) in [7, 11) is 0. The van der Waals surface area contributed by atoms with Crippen LogP contribution in [0.3, 0.4) is 0 Å². The van der Waals surface area contributed by atoms with Gasteiger partial charge in [-0.25, -0.2) is 0 Å². The minimum absolute atomic E-state index is 0.00872. The molecule has 51 heavy (non-hydrogen) atoms. The van der Waals surface area contributed by atoms with Gasteiger partial charge in [0, 0.05) is 26.2 Å². The topological polar surface area (TPSA) is 68.2 Å². The molecule has 0 bridgehead atoms. The van der Waals surface area contributed by atoms with E-state index in [1.54, 1.807) is 0 Å². The highest BCUT2D eigenvalue weighted by Crippen LogP contribution is 2.17. The first kappa shape index (κ1) is 52.4. The third-order valence-electron chi connectivity index (χ3n) is 9.86. The average molecular weight is 728 g/mol. The molecule has 0 aliphatic carbocycles. The zero-order valence-corrected chi connectivity index (χ0v) is 35.6. The van der Waals surface area contributed by atoms with E-state index in [4.69, 9.17) is 14.2 Å². The SMILES string of the molecule is CCCCC.CCCCCCCCCOC(C)OCCCCCCN(CCO)CCCCCCCC(=O)OC(CCCC)CCCCCCCC. The Morgan fingerprint density at radius 2 is 0.902 bits per heavy atom. The molecule has 0 saturated heterocycles. The maximum atomic E-state index is 12.5. The fourth-order valence-corrected chi connectivity index (χ4v) is 6.45. The van der Waals surface area contributed by atoms with Crippen LogP contribution in [-0.2, 0) is 19.0 Å². The molecular weight excluding hydrogens is 634 g/mol. The molecule has 0 aromatic carbocycles. The second-order valence-electron chi connectivity index (χ2n) is 15.1. The van der Waals surface area contributed by atoms with Crippen molar-refractivity contribution in [3.8, 4) is 0 Å². The normalized spacial score (nSPS) is 12.5. The van der Waals surface area contributed by atoms with E-state index in [2.05, 4.69) is 39.5 Å². The number of unbranched alkanes of at least 4 members (excludes halogenated alkanes) is 21. The molecule has 0 fully saturated rings. The number of ether oxygens (including phenoxy) is 3. The first-order valence-electron chi connectivity index (χ1n) is 22.7. The van der Waals surface area contributed by atoms with E-state index in [0.29, 0.717) is 6.42 Å². The number of rotatable bonds is 40. The minimum atomic E-state index is -0.100. The van der Waals surface area contributed by atoms with Gasteiger partial charge in [-0.2, -0.15) is 0 Å². The van der Waals surface area contributed by atoms with Crippen LogP contribution in [0.1, 0.15) is 234 Å². The fraction of sp³-hybridized carbons (Fsp3) is 0.978. The molecule has 6 nitrogen and oxygen atoms in total. The number of carbonyl (C=O) groups is 1.